The lowest BCUT2D eigenvalue weighted by atomic mass is 10.1. The van der Waals surface area contributed by atoms with Crippen LogP contribution in [0.25, 0.3) is 11.1 Å². The molecule has 0 saturated carbocycles. The fourth-order valence-electron chi connectivity index (χ4n) is 3.51. The second-order valence-electron chi connectivity index (χ2n) is 7.14. The zero-order valence-corrected chi connectivity index (χ0v) is 16.1. The lowest BCUT2D eigenvalue weighted by Gasteiger charge is -2.32. The summed E-state index contributed by atoms with van der Waals surface area (Å²) < 4.78 is 18.9. The van der Waals surface area contributed by atoms with Crippen molar-refractivity contribution in [2.75, 3.05) is 31.6 Å². The molecule has 1 heterocycles. The molecular formula is C24H23FN2O2. The van der Waals surface area contributed by atoms with Crippen molar-refractivity contribution in [1.82, 2.24) is 4.90 Å². The molecule has 1 aliphatic rings. The van der Waals surface area contributed by atoms with E-state index in [0.717, 1.165) is 22.4 Å². The highest BCUT2D eigenvalue weighted by Crippen LogP contribution is 2.23. The number of nitrogens with one attached hydrogen (secondary N) is 1. The maximum absolute atomic E-state index is 13.1. The van der Waals surface area contributed by atoms with Crippen LogP contribution in [0.4, 0.5) is 10.1 Å². The summed E-state index contributed by atoms with van der Waals surface area (Å²) in [6, 6.07) is 24.3. The predicted octanol–water partition coefficient (Wildman–Crippen LogP) is 4.50. The first kappa shape index (κ1) is 19.3. The summed E-state index contributed by atoms with van der Waals surface area (Å²) in [5.41, 5.74) is 3.95. The maximum atomic E-state index is 13.1. The van der Waals surface area contributed by atoms with Crippen molar-refractivity contribution in [3.05, 3.63) is 90.2 Å². The van der Waals surface area contributed by atoms with Gasteiger partial charge in [-0.25, -0.2) is 4.39 Å². The molecule has 3 aromatic rings. The normalized spacial score (nSPS) is 17.1. The molecule has 0 spiro atoms. The first-order valence-corrected chi connectivity index (χ1v) is 9.72. The predicted molar refractivity (Wildman–Crippen MR) is 112 cm³/mol. The summed E-state index contributed by atoms with van der Waals surface area (Å²) in [5.74, 6) is -0.323. The number of halogens is 1. The molecule has 1 N–H and O–H groups in total. The number of carbonyl (C=O) groups is 1. The molecule has 0 radical (unpaired) electrons. The van der Waals surface area contributed by atoms with Gasteiger partial charge < -0.3 is 10.1 Å². The second kappa shape index (κ2) is 8.99. The Morgan fingerprint density at radius 2 is 1.66 bits per heavy atom. The van der Waals surface area contributed by atoms with Gasteiger partial charge in [-0.05, 0) is 41.0 Å². The van der Waals surface area contributed by atoms with Crippen molar-refractivity contribution >= 4 is 11.6 Å². The monoisotopic (exact) mass is 390 g/mol. The molecule has 4 nitrogen and oxygen atoms in total. The summed E-state index contributed by atoms with van der Waals surface area (Å²) in [5, 5.41) is 2.96. The fraction of sp³-hybridized carbons (Fsp3) is 0.208. The molecule has 0 bridgehead atoms. The molecular weight excluding hydrogens is 367 g/mol. The third-order valence-corrected chi connectivity index (χ3v) is 5.04. The van der Waals surface area contributed by atoms with E-state index in [-0.39, 0.29) is 17.8 Å². The van der Waals surface area contributed by atoms with Gasteiger partial charge in [-0.15, -0.1) is 0 Å². The molecule has 1 aliphatic heterocycles. The third-order valence-electron chi connectivity index (χ3n) is 5.04. The van der Waals surface area contributed by atoms with Crippen LogP contribution in [-0.4, -0.2) is 37.0 Å². The van der Waals surface area contributed by atoms with Gasteiger partial charge in [-0.2, -0.15) is 0 Å². The number of anilines is 1. The van der Waals surface area contributed by atoms with Crippen molar-refractivity contribution in [1.29, 1.82) is 0 Å². The van der Waals surface area contributed by atoms with Crippen molar-refractivity contribution in [2.45, 2.75) is 6.10 Å². The molecule has 0 unspecified atom stereocenters. The van der Waals surface area contributed by atoms with E-state index in [2.05, 4.69) is 22.3 Å². The molecule has 4 rings (SSSR count). The molecule has 0 aliphatic carbocycles. The highest BCUT2D eigenvalue weighted by molar-refractivity contribution is 5.92. The van der Waals surface area contributed by atoms with E-state index < -0.39 is 0 Å². The Bertz CT molecular complexity index is 943. The van der Waals surface area contributed by atoms with Crippen LogP contribution < -0.4 is 5.32 Å². The van der Waals surface area contributed by atoms with Gasteiger partial charge in [-0.1, -0.05) is 54.6 Å². The van der Waals surface area contributed by atoms with Crippen LogP contribution in [0.3, 0.4) is 0 Å². The van der Waals surface area contributed by atoms with Crippen LogP contribution in [0, 0.1) is 5.82 Å². The number of hydrogen-bond donors (Lipinski definition) is 1. The minimum Gasteiger partial charge on any atom is -0.371 e. The van der Waals surface area contributed by atoms with Crippen LogP contribution in [0.15, 0.2) is 78.9 Å². The maximum Gasteiger partial charge on any atom is 0.238 e. The van der Waals surface area contributed by atoms with Gasteiger partial charge in [0.05, 0.1) is 19.3 Å². The lowest BCUT2D eigenvalue weighted by molar-refractivity contribution is -0.119. The van der Waals surface area contributed by atoms with Crippen molar-refractivity contribution in [3.63, 3.8) is 0 Å². The van der Waals surface area contributed by atoms with E-state index in [1.54, 1.807) is 12.1 Å². The molecule has 1 fully saturated rings. The standard InChI is InChI=1S/C24H23FN2O2/c25-21-10-6-20(7-11-21)23-16-27(14-15-29-23)17-24(28)26-22-12-8-19(9-13-22)18-4-2-1-3-5-18/h1-13,23H,14-17H2,(H,26,28)/t23-/m0/s1. The zero-order valence-electron chi connectivity index (χ0n) is 16.1. The average Bonchev–Trinajstić information content (AvgIpc) is 2.75. The van der Waals surface area contributed by atoms with Gasteiger partial charge >= 0.3 is 0 Å². The molecule has 1 atom stereocenters. The Morgan fingerprint density at radius 3 is 2.38 bits per heavy atom. The topological polar surface area (TPSA) is 41.6 Å². The van der Waals surface area contributed by atoms with Crippen molar-refractivity contribution in [2.24, 2.45) is 0 Å². The van der Waals surface area contributed by atoms with Crippen LogP contribution in [0.2, 0.25) is 0 Å². The van der Waals surface area contributed by atoms with Gasteiger partial charge in [0.25, 0.3) is 0 Å². The first-order valence-electron chi connectivity index (χ1n) is 9.72. The van der Waals surface area contributed by atoms with Gasteiger partial charge in [0.1, 0.15) is 5.82 Å². The summed E-state index contributed by atoms with van der Waals surface area (Å²) >= 11 is 0. The summed E-state index contributed by atoms with van der Waals surface area (Å²) in [7, 11) is 0. The lowest BCUT2D eigenvalue weighted by Crippen LogP contribution is -2.42. The minimum absolute atomic E-state index is 0.0581. The van der Waals surface area contributed by atoms with E-state index in [1.807, 2.05) is 42.5 Å². The molecule has 1 saturated heterocycles. The minimum atomic E-state index is -0.265. The van der Waals surface area contributed by atoms with Crippen LogP contribution in [0.1, 0.15) is 11.7 Å². The SMILES string of the molecule is O=C(CN1CCO[C@H](c2ccc(F)cc2)C1)Nc1ccc(-c2ccccc2)cc1. The number of morpholine rings is 1. The number of benzene rings is 3. The molecule has 3 aromatic carbocycles. The molecule has 148 valence electrons. The van der Waals surface area contributed by atoms with E-state index in [9.17, 15) is 9.18 Å². The number of carbonyl (C=O) groups excluding carboxylic acids is 1. The Hall–Kier alpha value is -3.02. The third kappa shape index (κ3) is 5.08. The number of hydrogen-bond acceptors (Lipinski definition) is 3. The Labute approximate surface area is 169 Å². The highest BCUT2D eigenvalue weighted by atomic mass is 19.1. The Kier molecular flexibility index (Phi) is 5.98. The van der Waals surface area contributed by atoms with Gasteiger partial charge in [-0.3, -0.25) is 9.69 Å². The van der Waals surface area contributed by atoms with Gasteiger partial charge in [0.15, 0.2) is 0 Å². The fourth-order valence-corrected chi connectivity index (χ4v) is 3.51. The smallest absolute Gasteiger partial charge is 0.238 e. The quantitative estimate of drug-likeness (QED) is 0.697. The largest absolute Gasteiger partial charge is 0.371 e. The van der Waals surface area contributed by atoms with Crippen LogP contribution >= 0.6 is 0 Å². The van der Waals surface area contributed by atoms with E-state index >= 15 is 0 Å². The van der Waals surface area contributed by atoms with Crippen LogP contribution in [-0.2, 0) is 9.53 Å². The summed E-state index contributed by atoms with van der Waals surface area (Å²) in [6.45, 7) is 2.13. The first-order chi connectivity index (χ1) is 14.2. The van der Waals surface area contributed by atoms with Crippen molar-refractivity contribution in [3.8, 4) is 11.1 Å². The summed E-state index contributed by atoms with van der Waals surface area (Å²) in [4.78, 5) is 14.5. The number of amides is 1. The Balaban J connectivity index is 1.32. The molecule has 0 aromatic heterocycles. The number of rotatable bonds is 5. The molecule has 1 amide bonds. The number of nitrogens with zero attached hydrogens (tertiary/aromatic N) is 1. The van der Waals surface area contributed by atoms with E-state index in [4.69, 9.17) is 4.74 Å². The van der Waals surface area contributed by atoms with E-state index in [0.29, 0.717) is 26.2 Å². The summed E-state index contributed by atoms with van der Waals surface area (Å²) in [6.07, 6.45) is -0.151. The average molecular weight is 390 g/mol. The van der Waals surface area contributed by atoms with Gasteiger partial charge in [0, 0.05) is 18.8 Å². The zero-order chi connectivity index (χ0) is 20.1. The highest BCUT2D eigenvalue weighted by Gasteiger charge is 2.23. The molecule has 29 heavy (non-hydrogen) atoms. The van der Waals surface area contributed by atoms with Gasteiger partial charge in [0.2, 0.25) is 5.91 Å². The second-order valence-corrected chi connectivity index (χ2v) is 7.14. The van der Waals surface area contributed by atoms with Crippen molar-refractivity contribution < 1.29 is 13.9 Å². The van der Waals surface area contributed by atoms with E-state index in [1.165, 1.54) is 12.1 Å². The van der Waals surface area contributed by atoms with Crippen LogP contribution in [0.5, 0.6) is 0 Å². The molecule has 5 heteroatoms. The Morgan fingerprint density at radius 1 is 0.966 bits per heavy atom. The number of ether oxygens (including phenoxy) is 1.